The first-order valence-corrected chi connectivity index (χ1v) is 7.76. The van der Waals surface area contributed by atoms with E-state index in [-0.39, 0.29) is 17.1 Å². The van der Waals surface area contributed by atoms with E-state index in [1.165, 1.54) is 0 Å². The van der Waals surface area contributed by atoms with Crippen molar-refractivity contribution in [1.29, 1.82) is 0 Å². The molecule has 8 heteroatoms. The van der Waals surface area contributed by atoms with Gasteiger partial charge >= 0.3 is 0 Å². The number of carbonyl (C=O) groups is 1. The topological polar surface area (TPSA) is 63.2 Å². The number of benzene rings is 1. The minimum absolute atomic E-state index is 0.0686. The Labute approximate surface area is 113 Å². The predicted molar refractivity (Wildman–Crippen MR) is 65.5 cm³/mol. The maximum atomic E-state index is 13.0. The molecule has 20 heavy (non-hydrogen) atoms. The lowest BCUT2D eigenvalue weighted by Crippen LogP contribution is -2.43. The lowest BCUT2D eigenvalue weighted by atomic mass is 10.1. The van der Waals surface area contributed by atoms with E-state index in [0.717, 1.165) is 0 Å². The summed E-state index contributed by atoms with van der Waals surface area (Å²) in [5, 5.41) is 2.39. The van der Waals surface area contributed by atoms with Gasteiger partial charge in [0, 0.05) is 11.6 Å². The molecule has 1 heterocycles. The highest BCUT2D eigenvalue weighted by Gasteiger charge is 2.26. The molecule has 0 aliphatic carbocycles. The summed E-state index contributed by atoms with van der Waals surface area (Å²) < 4.78 is 61.6. The van der Waals surface area contributed by atoms with Gasteiger partial charge in [-0.3, -0.25) is 4.79 Å². The average molecular weight is 307 g/mol. The largest absolute Gasteiger partial charge is 0.348 e. The summed E-state index contributed by atoms with van der Waals surface area (Å²) in [5.74, 6) is -5.55. The van der Waals surface area contributed by atoms with E-state index in [1.807, 2.05) is 0 Å². The highest BCUT2D eigenvalue weighted by Crippen LogP contribution is 2.16. The normalized spacial score (nSPS) is 21.4. The summed E-state index contributed by atoms with van der Waals surface area (Å²) in [6, 6.07) is 0.549. The molecule has 1 amide bonds. The van der Waals surface area contributed by atoms with Crippen LogP contribution in [0.15, 0.2) is 12.1 Å². The molecule has 1 saturated heterocycles. The van der Waals surface area contributed by atoms with Crippen molar-refractivity contribution < 1.29 is 26.4 Å². The Kier molecular flexibility index (Phi) is 4.03. The van der Waals surface area contributed by atoms with Gasteiger partial charge in [0.05, 0.1) is 11.5 Å². The van der Waals surface area contributed by atoms with Crippen LogP contribution in [0.2, 0.25) is 0 Å². The van der Waals surface area contributed by atoms with E-state index in [9.17, 15) is 26.4 Å². The van der Waals surface area contributed by atoms with Gasteiger partial charge in [0.15, 0.2) is 27.3 Å². The van der Waals surface area contributed by atoms with Gasteiger partial charge in [-0.05, 0) is 25.0 Å². The van der Waals surface area contributed by atoms with Gasteiger partial charge in [-0.1, -0.05) is 0 Å². The second-order valence-electron chi connectivity index (χ2n) is 4.68. The van der Waals surface area contributed by atoms with E-state index < -0.39 is 39.2 Å². The van der Waals surface area contributed by atoms with Gasteiger partial charge in [-0.25, -0.2) is 21.6 Å². The van der Waals surface area contributed by atoms with Crippen molar-refractivity contribution in [2.45, 2.75) is 18.9 Å². The van der Waals surface area contributed by atoms with E-state index in [2.05, 4.69) is 5.32 Å². The molecule has 2 rings (SSSR count). The number of hydrogen-bond acceptors (Lipinski definition) is 3. The first-order chi connectivity index (χ1) is 9.28. The molecular weight excluding hydrogens is 295 g/mol. The fourth-order valence-corrected chi connectivity index (χ4v) is 3.73. The zero-order valence-corrected chi connectivity index (χ0v) is 11.1. The predicted octanol–water partition coefficient (Wildman–Crippen LogP) is 1.41. The summed E-state index contributed by atoms with van der Waals surface area (Å²) >= 11 is 0. The van der Waals surface area contributed by atoms with Crippen LogP contribution in [0, 0.1) is 17.5 Å². The minimum Gasteiger partial charge on any atom is -0.348 e. The maximum Gasteiger partial charge on any atom is 0.251 e. The molecule has 1 aromatic carbocycles. The molecule has 0 saturated carbocycles. The monoisotopic (exact) mass is 307 g/mol. The van der Waals surface area contributed by atoms with Crippen molar-refractivity contribution in [3.8, 4) is 0 Å². The smallest absolute Gasteiger partial charge is 0.251 e. The third-order valence-corrected chi connectivity index (χ3v) is 4.87. The second kappa shape index (κ2) is 5.43. The zero-order valence-electron chi connectivity index (χ0n) is 10.3. The summed E-state index contributed by atoms with van der Waals surface area (Å²) in [4.78, 5) is 11.8. The van der Waals surface area contributed by atoms with Crippen LogP contribution in [-0.2, 0) is 9.84 Å². The van der Waals surface area contributed by atoms with Crippen LogP contribution in [0.5, 0.6) is 0 Å². The number of carbonyl (C=O) groups excluding carboxylic acids is 1. The molecule has 0 bridgehead atoms. The van der Waals surface area contributed by atoms with Gasteiger partial charge in [-0.15, -0.1) is 0 Å². The van der Waals surface area contributed by atoms with Crippen LogP contribution in [0.1, 0.15) is 23.2 Å². The molecule has 1 aliphatic rings. The van der Waals surface area contributed by atoms with Gasteiger partial charge in [0.1, 0.15) is 0 Å². The number of sulfone groups is 1. The van der Waals surface area contributed by atoms with Crippen molar-refractivity contribution in [2.24, 2.45) is 0 Å². The van der Waals surface area contributed by atoms with E-state index in [4.69, 9.17) is 0 Å². The van der Waals surface area contributed by atoms with Crippen LogP contribution in [-0.4, -0.2) is 31.9 Å². The fourth-order valence-electron chi connectivity index (χ4n) is 2.09. The fraction of sp³-hybridized carbons (Fsp3) is 0.417. The Morgan fingerprint density at radius 3 is 2.35 bits per heavy atom. The van der Waals surface area contributed by atoms with Gasteiger partial charge in [-0.2, -0.15) is 0 Å². The quantitative estimate of drug-likeness (QED) is 0.840. The molecule has 110 valence electrons. The summed E-state index contributed by atoms with van der Waals surface area (Å²) in [6.07, 6.45) is 0.885. The first kappa shape index (κ1) is 14.8. The molecule has 1 aromatic rings. The van der Waals surface area contributed by atoms with Crippen LogP contribution in [0.3, 0.4) is 0 Å². The number of rotatable bonds is 2. The summed E-state index contributed by atoms with van der Waals surface area (Å²) in [5.41, 5.74) is -0.385. The summed E-state index contributed by atoms with van der Waals surface area (Å²) in [6.45, 7) is 0. The Morgan fingerprint density at radius 1 is 1.20 bits per heavy atom. The Hall–Kier alpha value is -1.57. The average Bonchev–Trinajstić information content (AvgIpc) is 2.34. The highest BCUT2D eigenvalue weighted by atomic mass is 32.2. The van der Waals surface area contributed by atoms with E-state index in [0.29, 0.717) is 25.0 Å². The van der Waals surface area contributed by atoms with Gasteiger partial charge in [0.25, 0.3) is 5.91 Å². The molecule has 1 aliphatic heterocycles. The van der Waals surface area contributed by atoms with Crippen LogP contribution < -0.4 is 5.32 Å². The Morgan fingerprint density at radius 2 is 1.80 bits per heavy atom. The third-order valence-electron chi connectivity index (χ3n) is 3.04. The van der Waals surface area contributed by atoms with Crippen LogP contribution in [0.25, 0.3) is 0 Å². The minimum atomic E-state index is -3.21. The van der Waals surface area contributed by atoms with Crippen molar-refractivity contribution in [3.63, 3.8) is 0 Å². The molecular formula is C12H12F3NO3S. The standard InChI is InChI=1S/C12H12F3NO3S/c13-9-4-7(5-10(14)11(9)15)12(17)16-8-2-1-3-20(18,19)6-8/h4-5,8H,1-3,6H2,(H,16,17). The lowest BCUT2D eigenvalue weighted by Gasteiger charge is -2.23. The van der Waals surface area contributed by atoms with Crippen molar-refractivity contribution >= 4 is 15.7 Å². The third kappa shape index (κ3) is 3.30. The zero-order chi connectivity index (χ0) is 14.9. The molecule has 1 unspecified atom stereocenters. The molecule has 0 aromatic heterocycles. The van der Waals surface area contributed by atoms with E-state index in [1.54, 1.807) is 0 Å². The Balaban J connectivity index is 2.13. The van der Waals surface area contributed by atoms with Crippen molar-refractivity contribution in [2.75, 3.05) is 11.5 Å². The number of halogens is 3. The molecule has 1 N–H and O–H groups in total. The molecule has 0 radical (unpaired) electrons. The number of hydrogen-bond donors (Lipinski definition) is 1. The second-order valence-corrected chi connectivity index (χ2v) is 6.91. The molecule has 4 nitrogen and oxygen atoms in total. The van der Waals surface area contributed by atoms with Crippen LogP contribution >= 0.6 is 0 Å². The van der Waals surface area contributed by atoms with Crippen molar-refractivity contribution in [1.82, 2.24) is 5.32 Å². The molecule has 0 spiro atoms. The van der Waals surface area contributed by atoms with Gasteiger partial charge < -0.3 is 5.32 Å². The van der Waals surface area contributed by atoms with Gasteiger partial charge in [0.2, 0.25) is 0 Å². The molecule has 1 fully saturated rings. The van der Waals surface area contributed by atoms with Crippen molar-refractivity contribution in [3.05, 3.63) is 35.1 Å². The number of nitrogens with one attached hydrogen (secondary N) is 1. The Bertz CT molecular complexity index is 622. The number of amides is 1. The van der Waals surface area contributed by atoms with E-state index >= 15 is 0 Å². The highest BCUT2D eigenvalue weighted by molar-refractivity contribution is 7.91. The molecule has 1 atom stereocenters. The maximum absolute atomic E-state index is 13.0. The van der Waals surface area contributed by atoms with Crippen LogP contribution in [0.4, 0.5) is 13.2 Å². The SMILES string of the molecule is O=C(NC1CCCS(=O)(=O)C1)c1cc(F)c(F)c(F)c1. The summed E-state index contributed by atoms with van der Waals surface area (Å²) in [7, 11) is -3.21. The lowest BCUT2D eigenvalue weighted by molar-refractivity contribution is 0.0937. The first-order valence-electron chi connectivity index (χ1n) is 5.94.